The molecule has 0 unspecified atom stereocenters. The van der Waals surface area contributed by atoms with Gasteiger partial charge in [0.2, 0.25) is 17.7 Å². The molecule has 0 saturated carbocycles. The summed E-state index contributed by atoms with van der Waals surface area (Å²) in [6.07, 6.45) is 0.868. The highest BCUT2D eigenvalue weighted by Gasteiger charge is 2.46. The molecule has 1 aromatic heterocycles. The van der Waals surface area contributed by atoms with Crippen molar-refractivity contribution in [2.45, 2.75) is 70.2 Å². The van der Waals surface area contributed by atoms with Crippen molar-refractivity contribution >= 4 is 46.3 Å². The zero-order valence-corrected chi connectivity index (χ0v) is 27.2. The molecule has 0 fully saturated rings. The Hall–Kier alpha value is -4.83. The van der Waals surface area contributed by atoms with E-state index in [1.807, 2.05) is 68.4 Å². The summed E-state index contributed by atoms with van der Waals surface area (Å²) in [4.78, 5) is 57.4. The Kier molecular flexibility index (Phi) is 10.5. The number of carbonyl (C=O) groups excluding carboxylic acids is 4. The third kappa shape index (κ3) is 7.94. The zero-order valence-electron chi connectivity index (χ0n) is 26.5. The number of aryl methyl sites for hydroxylation is 1. The van der Waals surface area contributed by atoms with Crippen LogP contribution in [0.5, 0.6) is 0 Å². The van der Waals surface area contributed by atoms with Crippen LogP contribution in [0, 0.1) is 5.92 Å². The van der Waals surface area contributed by atoms with Gasteiger partial charge in [-0.25, -0.2) is 4.79 Å². The molecule has 3 aromatic carbocycles. The first-order valence-corrected chi connectivity index (χ1v) is 16.2. The average molecular weight is 658 g/mol. The molecule has 1 aliphatic rings. The van der Waals surface area contributed by atoms with Gasteiger partial charge in [-0.3, -0.25) is 14.4 Å². The summed E-state index contributed by atoms with van der Waals surface area (Å²) in [7, 11) is 0. The fraction of sp³-hybridized carbons (Fsp3) is 0.333. The van der Waals surface area contributed by atoms with E-state index in [9.17, 15) is 19.2 Å². The predicted octanol–water partition coefficient (Wildman–Crippen LogP) is 4.72. The van der Waals surface area contributed by atoms with Gasteiger partial charge in [0.15, 0.2) is 0 Å². The van der Waals surface area contributed by atoms with Gasteiger partial charge in [0.1, 0.15) is 24.2 Å². The monoisotopic (exact) mass is 657 g/mol. The third-order valence-corrected chi connectivity index (χ3v) is 9.21. The first kappa shape index (κ1) is 33.5. The van der Waals surface area contributed by atoms with Crippen molar-refractivity contribution in [3.8, 4) is 0 Å². The van der Waals surface area contributed by atoms with E-state index >= 15 is 0 Å². The normalized spacial score (nSPS) is 17.5. The van der Waals surface area contributed by atoms with Crippen LogP contribution in [0.1, 0.15) is 49.1 Å². The second-order valence-electron chi connectivity index (χ2n) is 12.2. The van der Waals surface area contributed by atoms with Crippen molar-refractivity contribution < 1.29 is 23.9 Å². The molecule has 11 heteroatoms. The van der Waals surface area contributed by atoms with E-state index in [2.05, 4.69) is 20.9 Å². The molecule has 47 heavy (non-hydrogen) atoms. The standard InChI is InChI=1S/C36H40ClN5O5/c1-3-22(2)31(41-35(46)47-21-24-9-5-4-6-10-24)33(44)42-36(18-17-29-27(20-36)26-11-7-8-12-28(26)39-29)34(45)40-30(32(38)43)19-23-13-15-25(37)16-14-23/h4-16,22,30-31,39H,3,17-21H2,1-2H3,(H2,38,43)(H,40,45)(H,41,46)(H,42,44)/t22-,30+,31-,36-/m0/s1. The van der Waals surface area contributed by atoms with Crippen molar-refractivity contribution in [1.29, 1.82) is 0 Å². The smallest absolute Gasteiger partial charge is 0.408 e. The van der Waals surface area contributed by atoms with Crippen LogP contribution in [-0.2, 0) is 45.0 Å². The molecule has 4 atom stereocenters. The third-order valence-electron chi connectivity index (χ3n) is 8.96. The highest BCUT2D eigenvalue weighted by molar-refractivity contribution is 6.30. The lowest BCUT2D eigenvalue weighted by Gasteiger charge is -2.39. The summed E-state index contributed by atoms with van der Waals surface area (Å²) in [5.74, 6) is -2.05. The van der Waals surface area contributed by atoms with Gasteiger partial charge < -0.3 is 31.4 Å². The van der Waals surface area contributed by atoms with Crippen LogP contribution in [0.15, 0.2) is 78.9 Å². The molecule has 5 rings (SSSR count). The van der Waals surface area contributed by atoms with E-state index in [1.54, 1.807) is 24.3 Å². The van der Waals surface area contributed by atoms with Crippen LogP contribution in [0.25, 0.3) is 10.9 Å². The van der Waals surface area contributed by atoms with Gasteiger partial charge in [-0.1, -0.05) is 92.5 Å². The van der Waals surface area contributed by atoms with Crippen LogP contribution in [0.3, 0.4) is 0 Å². The van der Waals surface area contributed by atoms with Gasteiger partial charge in [-0.15, -0.1) is 0 Å². The Balaban J connectivity index is 1.41. The van der Waals surface area contributed by atoms with Crippen LogP contribution < -0.4 is 21.7 Å². The molecule has 1 heterocycles. The van der Waals surface area contributed by atoms with Crippen molar-refractivity contribution in [2.75, 3.05) is 0 Å². The molecule has 1 aliphatic carbocycles. The molecule has 0 radical (unpaired) electrons. The lowest BCUT2D eigenvalue weighted by molar-refractivity contribution is -0.137. The predicted molar refractivity (Wildman–Crippen MR) is 180 cm³/mol. The molecule has 10 nitrogen and oxygen atoms in total. The number of nitrogens with two attached hydrogens (primary N) is 1. The number of nitrogens with one attached hydrogen (secondary N) is 4. The number of aromatic amines is 1. The SMILES string of the molecule is CC[C@H](C)[C@H](NC(=O)OCc1ccccc1)C(=O)N[C@@]1(C(=O)N[C@H](Cc2ccc(Cl)cc2)C(N)=O)CCc2[nH]c3ccccc3c2C1. The average Bonchev–Trinajstić information content (AvgIpc) is 3.44. The first-order valence-electron chi connectivity index (χ1n) is 15.8. The van der Waals surface area contributed by atoms with Gasteiger partial charge in [0.05, 0.1) is 0 Å². The minimum atomic E-state index is -1.44. The van der Waals surface area contributed by atoms with E-state index in [0.717, 1.165) is 33.3 Å². The summed E-state index contributed by atoms with van der Waals surface area (Å²) in [6, 6.07) is 21.9. The molecule has 0 saturated heterocycles. The number of hydrogen-bond donors (Lipinski definition) is 5. The number of ether oxygens (including phenoxy) is 1. The largest absolute Gasteiger partial charge is 0.445 e. The number of aromatic nitrogens is 1. The summed E-state index contributed by atoms with van der Waals surface area (Å²) in [6.45, 7) is 3.80. The quantitative estimate of drug-likeness (QED) is 0.149. The maximum absolute atomic E-state index is 14.3. The Morgan fingerprint density at radius 3 is 2.36 bits per heavy atom. The number of benzene rings is 3. The van der Waals surface area contributed by atoms with E-state index in [1.165, 1.54) is 0 Å². The maximum atomic E-state index is 14.3. The minimum Gasteiger partial charge on any atom is -0.445 e. The van der Waals surface area contributed by atoms with Gasteiger partial charge in [-0.2, -0.15) is 0 Å². The number of carbonyl (C=O) groups is 4. The van der Waals surface area contributed by atoms with Gasteiger partial charge in [-0.05, 0) is 53.6 Å². The van der Waals surface area contributed by atoms with E-state index < -0.39 is 41.4 Å². The number of amides is 4. The van der Waals surface area contributed by atoms with E-state index in [0.29, 0.717) is 17.9 Å². The van der Waals surface area contributed by atoms with E-state index in [4.69, 9.17) is 22.1 Å². The Morgan fingerprint density at radius 1 is 0.957 bits per heavy atom. The Bertz CT molecular complexity index is 1740. The summed E-state index contributed by atoms with van der Waals surface area (Å²) >= 11 is 6.03. The van der Waals surface area contributed by atoms with Crippen LogP contribution in [0.2, 0.25) is 5.02 Å². The Labute approximate surface area is 278 Å². The van der Waals surface area contributed by atoms with Crippen molar-refractivity contribution in [2.24, 2.45) is 11.7 Å². The van der Waals surface area contributed by atoms with Gasteiger partial charge in [0, 0.05) is 34.5 Å². The van der Waals surface area contributed by atoms with Gasteiger partial charge in [0.25, 0.3) is 0 Å². The van der Waals surface area contributed by atoms with Crippen molar-refractivity contribution in [3.05, 3.63) is 106 Å². The number of primary amides is 1. The number of hydrogen-bond acceptors (Lipinski definition) is 5. The fourth-order valence-electron chi connectivity index (χ4n) is 6.04. The molecular weight excluding hydrogens is 618 g/mol. The first-order chi connectivity index (χ1) is 22.6. The van der Waals surface area contributed by atoms with Crippen LogP contribution in [0.4, 0.5) is 4.79 Å². The molecule has 4 aromatic rings. The van der Waals surface area contributed by atoms with Gasteiger partial charge >= 0.3 is 6.09 Å². The zero-order chi connectivity index (χ0) is 33.6. The number of rotatable bonds is 12. The second-order valence-corrected chi connectivity index (χ2v) is 12.6. The second kappa shape index (κ2) is 14.7. The highest BCUT2D eigenvalue weighted by atomic mass is 35.5. The van der Waals surface area contributed by atoms with Crippen molar-refractivity contribution in [1.82, 2.24) is 20.9 Å². The summed E-state index contributed by atoms with van der Waals surface area (Å²) in [5.41, 5.74) is 8.72. The molecule has 6 N–H and O–H groups in total. The topological polar surface area (TPSA) is 155 Å². The molecule has 0 bridgehead atoms. The minimum absolute atomic E-state index is 0.0410. The number of H-pyrrole nitrogens is 1. The molecule has 0 spiro atoms. The number of fused-ring (bicyclic) bond motifs is 3. The maximum Gasteiger partial charge on any atom is 0.408 e. The number of para-hydroxylation sites is 1. The lowest BCUT2D eigenvalue weighted by atomic mass is 9.78. The highest BCUT2D eigenvalue weighted by Crippen LogP contribution is 2.35. The van der Waals surface area contributed by atoms with Crippen molar-refractivity contribution in [3.63, 3.8) is 0 Å². The van der Waals surface area contributed by atoms with Crippen LogP contribution in [-0.4, -0.2) is 46.4 Å². The molecule has 246 valence electrons. The fourth-order valence-corrected chi connectivity index (χ4v) is 6.17. The molecule has 0 aliphatic heterocycles. The number of halogens is 1. The number of alkyl carbamates (subject to hydrolysis) is 1. The Morgan fingerprint density at radius 2 is 1.66 bits per heavy atom. The lowest BCUT2D eigenvalue weighted by Crippen LogP contribution is -2.66. The summed E-state index contributed by atoms with van der Waals surface area (Å²) < 4.78 is 5.42. The molecule has 4 amide bonds. The van der Waals surface area contributed by atoms with E-state index in [-0.39, 0.29) is 31.8 Å². The van der Waals surface area contributed by atoms with Crippen LogP contribution >= 0.6 is 11.6 Å². The molecular formula is C36H40ClN5O5. The summed E-state index contributed by atoms with van der Waals surface area (Å²) in [5, 5.41) is 10.1.